The van der Waals surface area contributed by atoms with Crippen molar-refractivity contribution in [1.29, 1.82) is 0 Å². The highest BCUT2D eigenvalue weighted by molar-refractivity contribution is 5.94. The number of anilines is 1. The molecular formula is C14H20N2O4. The third-order valence-corrected chi connectivity index (χ3v) is 2.97. The van der Waals surface area contributed by atoms with E-state index in [1.807, 2.05) is 6.92 Å². The minimum atomic E-state index is -1.00. The van der Waals surface area contributed by atoms with E-state index in [1.54, 1.807) is 20.1 Å². The SMILES string of the molecule is COCCCNC(=O)Nc1cc(C)c(C)c(C(=O)O)c1. The fourth-order valence-corrected chi connectivity index (χ4v) is 1.75. The molecule has 110 valence electrons. The van der Waals surface area contributed by atoms with E-state index in [1.165, 1.54) is 6.07 Å². The first-order chi connectivity index (χ1) is 9.45. The average Bonchev–Trinajstić information content (AvgIpc) is 2.38. The zero-order valence-corrected chi connectivity index (χ0v) is 11.9. The highest BCUT2D eigenvalue weighted by Gasteiger charge is 2.12. The van der Waals surface area contributed by atoms with Crippen LogP contribution in [0.4, 0.5) is 10.5 Å². The van der Waals surface area contributed by atoms with Crippen molar-refractivity contribution < 1.29 is 19.4 Å². The lowest BCUT2D eigenvalue weighted by molar-refractivity contribution is 0.0696. The third kappa shape index (κ3) is 4.55. The van der Waals surface area contributed by atoms with Gasteiger partial charge in [-0.15, -0.1) is 0 Å². The quantitative estimate of drug-likeness (QED) is 0.697. The van der Waals surface area contributed by atoms with Crippen LogP contribution in [0, 0.1) is 13.8 Å². The van der Waals surface area contributed by atoms with E-state index in [2.05, 4.69) is 10.6 Å². The van der Waals surface area contributed by atoms with Gasteiger partial charge in [-0.3, -0.25) is 0 Å². The van der Waals surface area contributed by atoms with E-state index in [9.17, 15) is 9.59 Å². The van der Waals surface area contributed by atoms with Crippen LogP contribution in [0.15, 0.2) is 12.1 Å². The molecule has 0 atom stereocenters. The smallest absolute Gasteiger partial charge is 0.336 e. The van der Waals surface area contributed by atoms with Crippen LogP contribution >= 0.6 is 0 Å². The van der Waals surface area contributed by atoms with Crippen LogP contribution in [0.5, 0.6) is 0 Å². The molecule has 1 rings (SSSR count). The molecule has 3 N–H and O–H groups in total. The Bertz CT molecular complexity index is 500. The summed E-state index contributed by atoms with van der Waals surface area (Å²) in [6.07, 6.45) is 0.719. The number of carbonyl (C=O) groups is 2. The van der Waals surface area contributed by atoms with Gasteiger partial charge >= 0.3 is 12.0 Å². The Morgan fingerprint density at radius 3 is 2.60 bits per heavy atom. The number of aromatic carboxylic acids is 1. The number of rotatable bonds is 6. The van der Waals surface area contributed by atoms with Gasteiger partial charge in [0, 0.05) is 25.9 Å². The molecule has 0 unspecified atom stereocenters. The number of methoxy groups -OCH3 is 1. The maximum Gasteiger partial charge on any atom is 0.336 e. The number of ether oxygens (including phenoxy) is 1. The van der Waals surface area contributed by atoms with Crippen molar-refractivity contribution >= 4 is 17.7 Å². The normalized spacial score (nSPS) is 10.2. The molecule has 20 heavy (non-hydrogen) atoms. The maximum atomic E-state index is 11.6. The predicted octanol–water partition coefficient (Wildman–Crippen LogP) is 2.16. The molecule has 6 heteroatoms. The average molecular weight is 280 g/mol. The number of aryl methyl sites for hydroxylation is 1. The Hall–Kier alpha value is -2.08. The highest BCUT2D eigenvalue weighted by Crippen LogP contribution is 2.19. The second-order valence-corrected chi connectivity index (χ2v) is 4.50. The van der Waals surface area contributed by atoms with Gasteiger partial charge < -0.3 is 20.5 Å². The molecule has 0 aliphatic carbocycles. The lowest BCUT2D eigenvalue weighted by Crippen LogP contribution is -2.30. The molecule has 6 nitrogen and oxygen atoms in total. The summed E-state index contributed by atoms with van der Waals surface area (Å²) in [5.41, 5.74) is 2.18. The van der Waals surface area contributed by atoms with E-state index in [4.69, 9.17) is 9.84 Å². The monoisotopic (exact) mass is 280 g/mol. The first-order valence-electron chi connectivity index (χ1n) is 6.34. The Morgan fingerprint density at radius 2 is 2.00 bits per heavy atom. The minimum Gasteiger partial charge on any atom is -0.478 e. The van der Waals surface area contributed by atoms with Gasteiger partial charge in [0.1, 0.15) is 0 Å². The number of hydrogen-bond acceptors (Lipinski definition) is 3. The molecule has 1 aromatic rings. The number of hydrogen-bond donors (Lipinski definition) is 3. The number of nitrogens with one attached hydrogen (secondary N) is 2. The number of carboxylic acid groups (broad SMARTS) is 1. The fraction of sp³-hybridized carbons (Fsp3) is 0.429. The van der Waals surface area contributed by atoms with Crippen LogP contribution in [0.1, 0.15) is 27.9 Å². The Balaban J connectivity index is 2.68. The molecule has 2 amide bonds. The van der Waals surface area contributed by atoms with Crippen LogP contribution < -0.4 is 10.6 Å². The van der Waals surface area contributed by atoms with Crippen LogP contribution in [0.2, 0.25) is 0 Å². The van der Waals surface area contributed by atoms with E-state index < -0.39 is 5.97 Å². The highest BCUT2D eigenvalue weighted by atomic mass is 16.5. The molecule has 0 spiro atoms. The summed E-state index contributed by atoms with van der Waals surface area (Å²) < 4.78 is 4.88. The topological polar surface area (TPSA) is 87.7 Å². The lowest BCUT2D eigenvalue weighted by atomic mass is 10.0. The van der Waals surface area contributed by atoms with Crippen LogP contribution in [-0.2, 0) is 4.74 Å². The number of benzene rings is 1. The van der Waals surface area contributed by atoms with Gasteiger partial charge in [0.15, 0.2) is 0 Å². The van der Waals surface area contributed by atoms with Crippen molar-refractivity contribution in [2.75, 3.05) is 25.6 Å². The van der Waals surface area contributed by atoms with E-state index in [-0.39, 0.29) is 11.6 Å². The Kier molecular flexibility index (Phi) is 5.99. The van der Waals surface area contributed by atoms with Crippen molar-refractivity contribution in [2.45, 2.75) is 20.3 Å². The Morgan fingerprint density at radius 1 is 1.30 bits per heavy atom. The largest absolute Gasteiger partial charge is 0.478 e. The van der Waals surface area contributed by atoms with Crippen LogP contribution in [0.3, 0.4) is 0 Å². The zero-order valence-electron chi connectivity index (χ0n) is 11.9. The molecule has 0 saturated heterocycles. The summed E-state index contributed by atoms with van der Waals surface area (Å²) >= 11 is 0. The number of amides is 2. The zero-order chi connectivity index (χ0) is 15.1. The second-order valence-electron chi connectivity index (χ2n) is 4.50. The predicted molar refractivity (Wildman–Crippen MR) is 76.4 cm³/mol. The van der Waals surface area contributed by atoms with Crippen molar-refractivity contribution in [1.82, 2.24) is 5.32 Å². The first-order valence-corrected chi connectivity index (χ1v) is 6.34. The summed E-state index contributed by atoms with van der Waals surface area (Å²) in [6.45, 7) is 4.63. The molecule has 0 aromatic heterocycles. The summed E-state index contributed by atoms with van der Waals surface area (Å²) in [5, 5.41) is 14.4. The number of carbonyl (C=O) groups excluding carboxylic acids is 1. The molecule has 0 fully saturated rings. The van der Waals surface area contributed by atoms with E-state index >= 15 is 0 Å². The fourth-order valence-electron chi connectivity index (χ4n) is 1.75. The van der Waals surface area contributed by atoms with Crippen LogP contribution in [-0.4, -0.2) is 37.4 Å². The standard InChI is InChI=1S/C14H20N2O4/c1-9-7-11(8-12(10(9)2)13(17)18)16-14(19)15-5-4-6-20-3/h7-8H,4-6H2,1-3H3,(H,17,18)(H2,15,16,19). The van der Waals surface area contributed by atoms with Gasteiger partial charge in [-0.05, 0) is 43.5 Å². The van der Waals surface area contributed by atoms with Gasteiger partial charge in [-0.25, -0.2) is 9.59 Å². The Labute approximate surface area is 118 Å². The lowest BCUT2D eigenvalue weighted by Gasteiger charge is -2.11. The molecule has 0 heterocycles. The molecule has 0 saturated carbocycles. The van der Waals surface area contributed by atoms with Crippen molar-refractivity contribution in [2.24, 2.45) is 0 Å². The van der Waals surface area contributed by atoms with Crippen LogP contribution in [0.25, 0.3) is 0 Å². The van der Waals surface area contributed by atoms with Gasteiger partial charge in [-0.2, -0.15) is 0 Å². The molecule has 0 aliphatic heterocycles. The minimum absolute atomic E-state index is 0.194. The molecule has 0 bridgehead atoms. The molecule has 1 aromatic carbocycles. The van der Waals surface area contributed by atoms with Gasteiger partial charge in [0.05, 0.1) is 5.56 Å². The molecular weight excluding hydrogens is 260 g/mol. The first kappa shape index (κ1) is 16.0. The number of carboxylic acids is 1. The molecule has 0 radical (unpaired) electrons. The van der Waals surface area contributed by atoms with Crippen molar-refractivity contribution in [3.05, 3.63) is 28.8 Å². The van der Waals surface area contributed by atoms with Gasteiger partial charge in [-0.1, -0.05) is 0 Å². The molecule has 0 aliphatic rings. The third-order valence-electron chi connectivity index (χ3n) is 2.97. The van der Waals surface area contributed by atoms with Gasteiger partial charge in [0.25, 0.3) is 0 Å². The number of urea groups is 1. The second kappa shape index (κ2) is 7.49. The van der Waals surface area contributed by atoms with E-state index in [0.29, 0.717) is 24.4 Å². The summed E-state index contributed by atoms with van der Waals surface area (Å²) in [6, 6.07) is 2.84. The summed E-state index contributed by atoms with van der Waals surface area (Å²) in [7, 11) is 1.60. The van der Waals surface area contributed by atoms with E-state index in [0.717, 1.165) is 12.0 Å². The van der Waals surface area contributed by atoms with Gasteiger partial charge in [0.2, 0.25) is 0 Å². The summed E-state index contributed by atoms with van der Waals surface area (Å²) in [5.74, 6) is -1.00. The maximum absolute atomic E-state index is 11.6. The van der Waals surface area contributed by atoms with Crippen molar-refractivity contribution in [3.8, 4) is 0 Å². The van der Waals surface area contributed by atoms with Crippen molar-refractivity contribution in [3.63, 3.8) is 0 Å². The summed E-state index contributed by atoms with van der Waals surface area (Å²) in [4.78, 5) is 22.8.